The first-order valence-electron chi connectivity index (χ1n) is 15.1. The number of alkyl carbamates (subject to hydrolysis) is 1. The zero-order chi connectivity index (χ0) is 32.4. The highest BCUT2D eigenvalue weighted by atomic mass is 32.2. The molecule has 4 N–H and O–H groups in total. The molecule has 11 nitrogen and oxygen atoms in total. The van der Waals surface area contributed by atoms with E-state index in [-0.39, 0.29) is 28.6 Å². The van der Waals surface area contributed by atoms with Crippen molar-refractivity contribution in [3.05, 3.63) is 23.8 Å². The summed E-state index contributed by atoms with van der Waals surface area (Å²) < 4.78 is 40.3. The molecule has 0 fully saturated rings. The number of carboxylic acid groups (broad SMARTS) is 1. The van der Waals surface area contributed by atoms with Crippen LogP contribution < -0.4 is 10.6 Å². The van der Waals surface area contributed by atoms with Gasteiger partial charge in [-0.15, -0.1) is 0 Å². The minimum Gasteiger partial charge on any atom is -0.481 e. The summed E-state index contributed by atoms with van der Waals surface area (Å²) in [6, 6.07) is 4.71. The molecule has 1 atom stereocenters. The lowest BCUT2D eigenvalue weighted by Gasteiger charge is -2.22. The first kappa shape index (κ1) is 36.2. The van der Waals surface area contributed by atoms with Gasteiger partial charge in [0.25, 0.3) is 10.1 Å². The van der Waals surface area contributed by atoms with Crippen molar-refractivity contribution < 1.29 is 41.8 Å². The number of benzene rings is 1. The Kier molecular flexibility index (Phi) is 13.2. The number of rotatable bonds is 17. The minimum atomic E-state index is -4.29. The zero-order valence-electron chi connectivity index (χ0n) is 26.5. The van der Waals surface area contributed by atoms with Crippen LogP contribution in [0.15, 0.2) is 23.1 Å². The quantitative estimate of drug-likeness (QED) is 0.105. The van der Waals surface area contributed by atoms with Crippen molar-refractivity contribution >= 4 is 39.5 Å². The van der Waals surface area contributed by atoms with Crippen LogP contribution >= 0.6 is 0 Å². The fourth-order valence-corrected chi connectivity index (χ4v) is 5.70. The van der Waals surface area contributed by atoms with Gasteiger partial charge in [0.2, 0.25) is 11.6 Å². The second-order valence-electron chi connectivity index (χ2n) is 12.9. The van der Waals surface area contributed by atoms with Crippen molar-refractivity contribution in [1.82, 2.24) is 10.6 Å². The largest absolute Gasteiger partial charge is 0.481 e. The first-order valence-corrected chi connectivity index (χ1v) is 16.5. The topological polar surface area (TPSA) is 162 Å². The van der Waals surface area contributed by atoms with Crippen molar-refractivity contribution in [3.63, 3.8) is 0 Å². The number of hydrogen-bond donors (Lipinski definition) is 4. The summed E-state index contributed by atoms with van der Waals surface area (Å²) in [7, 11) is -4.29. The average molecular weight is 625 g/mol. The van der Waals surface area contributed by atoms with Crippen LogP contribution in [0.4, 0.5) is 10.5 Å². The predicted molar refractivity (Wildman–Crippen MR) is 165 cm³/mol. The molecule has 0 aliphatic carbocycles. The lowest BCUT2D eigenvalue weighted by molar-refractivity contribution is -0.439. The van der Waals surface area contributed by atoms with Gasteiger partial charge in [-0.2, -0.15) is 13.0 Å². The van der Waals surface area contributed by atoms with Crippen LogP contribution in [-0.2, 0) is 29.9 Å². The van der Waals surface area contributed by atoms with Crippen LogP contribution in [-0.4, -0.2) is 71.6 Å². The van der Waals surface area contributed by atoms with Gasteiger partial charge in [0, 0.05) is 50.9 Å². The van der Waals surface area contributed by atoms with Gasteiger partial charge >= 0.3 is 12.1 Å². The molecular formula is C31H50N3O8S+. The smallest absolute Gasteiger partial charge is 0.407 e. The van der Waals surface area contributed by atoms with Gasteiger partial charge in [0.05, 0.1) is 10.3 Å². The number of aliphatic carboxylic acids is 1. The molecule has 0 radical (unpaired) electrons. The fraction of sp³-hybridized carbons (Fsp3) is 0.677. The van der Waals surface area contributed by atoms with Gasteiger partial charge in [-0.05, 0) is 78.4 Å². The number of amides is 2. The normalized spacial score (nSPS) is 15.1. The SMILES string of the molecule is CC1=[N+](CCCCCC(=O)NCC(CCCCCC(=O)O)CNC(=O)OC(C)(C)C)c2ccc(S(=O)(=O)O)cc2C1(C)C. The number of hydrogen-bond acceptors (Lipinski definition) is 6. The molecule has 2 amide bonds. The van der Waals surface area contributed by atoms with Crippen LogP contribution in [0.25, 0.3) is 0 Å². The van der Waals surface area contributed by atoms with Gasteiger partial charge in [0.15, 0.2) is 5.71 Å². The molecule has 0 bridgehead atoms. The molecule has 1 aliphatic heterocycles. The van der Waals surface area contributed by atoms with E-state index in [1.54, 1.807) is 32.9 Å². The second kappa shape index (κ2) is 15.7. The molecule has 43 heavy (non-hydrogen) atoms. The summed E-state index contributed by atoms with van der Waals surface area (Å²) in [4.78, 5) is 35.3. The van der Waals surface area contributed by atoms with E-state index in [2.05, 4.69) is 15.2 Å². The monoisotopic (exact) mass is 624 g/mol. The Balaban J connectivity index is 1.82. The number of nitrogens with zero attached hydrogens (tertiary/aromatic N) is 1. The molecular weight excluding hydrogens is 574 g/mol. The molecule has 1 aromatic carbocycles. The number of unbranched alkanes of at least 4 members (excludes halogenated alkanes) is 4. The number of carbonyl (C=O) groups excluding carboxylic acids is 2. The van der Waals surface area contributed by atoms with E-state index in [0.717, 1.165) is 55.6 Å². The van der Waals surface area contributed by atoms with Gasteiger partial charge < -0.3 is 20.5 Å². The number of ether oxygens (including phenoxy) is 1. The van der Waals surface area contributed by atoms with Gasteiger partial charge in [-0.3, -0.25) is 14.1 Å². The van der Waals surface area contributed by atoms with Crippen molar-refractivity contribution in [2.45, 2.75) is 115 Å². The molecule has 12 heteroatoms. The Bertz CT molecular complexity index is 1280. The number of fused-ring (bicyclic) bond motifs is 1. The molecule has 0 saturated carbocycles. The van der Waals surface area contributed by atoms with Crippen molar-refractivity contribution in [2.24, 2.45) is 5.92 Å². The Labute approximate surface area is 256 Å². The number of carbonyl (C=O) groups is 3. The average Bonchev–Trinajstić information content (AvgIpc) is 3.07. The van der Waals surface area contributed by atoms with Crippen molar-refractivity contribution in [3.8, 4) is 0 Å². The Hall–Kier alpha value is -2.99. The Morgan fingerprint density at radius 3 is 2.23 bits per heavy atom. The molecule has 0 saturated heterocycles. The third-order valence-corrected chi connectivity index (χ3v) is 8.70. The molecule has 2 rings (SSSR count). The van der Waals surface area contributed by atoms with Crippen LogP contribution in [0, 0.1) is 5.92 Å². The van der Waals surface area contributed by atoms with E-state index in [9.17, 15) is 27.4 Å². The van der Waals surface area contributed by atoms with Gasteiger partial charge in [-0.25, -0.2) is 4.79 Å². The Morgan fingerprint density at radius 1 is 0.977 bits per heavy atom. The predicted octanol–water partition coefficient (Wildman–Crippen LogP) is 5.18. The minimum absolute atomic E-state index is 0.000246. The second-order valence-corrected chi connectivity index (χ2v) is 14.3. The van der Waals surface area contributed by atoms with Gasteiger partial charge in [0.1, 0.15) is 12.1 Å². The van der Waals surface area contributed by atoms with E-state index in [0.29, 0.717) is 32.4 Å². The molecule has 1 unspecified atom stereocenters. The van der Waals surface area contributed by atoms with Crippen LogP contribution in [0.1, 0.15) is 105 Å². The standard InChI is InChI=1S/C31H49N3O8S/c1-22-31(5,6)25-19-24(43(39,40)41)16-17-26(25)34(22)18-12-8-10-14-27(35)32-20-23(13-9-7-11-15-28(36)37)21-33-29(38)42-30(2,3)4/h16-17,19,23H,7-15,18,20-21H2,1-6H3,(H3-,32,33,35,36,37,38,39,40,41)/p+1. The van der Waals surface area contributed by atoms with Crippen LogP contribution in [0.2, 0.25) is 0 Å². The number of carboxylic acids is 1. The third kappa shape index (κ3) is 11.9. The van der Waals surface area contributed by atoms with Crippen LogP contribution in [0.5, 0.6) is 0 Å². The highest BCUT2D eigenvalue weighted by Crippen LogP contribution is 2.40. The maximum Gasteiger partial charge on any atom is 0.407 e. The van der Waals surface area contributed by atoms with E-state index >= 15 is 0 Å². The van der Waals surface area contributed by atoms with E-state index in [1.807, 2.05) is 20.8 Å². The summed E-state index contributed by atoms with van der Waals surface area (Å²) >= 11 is 0. The first-order chi connectivity index (χ1) is 19.9. The summed E-state index contributed by atoms with van der Waals surface area (Å²) in [5.74, 6) is -0.868. The molecule has 0 aromatic heterocycles. The maximum atomic E-state index is 12.6. The van der Waals surface area contributed by atoms with Gasteiger partial charge in [-0.1, -0.05) is 12.8 Å². The summed E-state index contributed by atoms with van der Waals surface area (Å²) in [5, 5.41) is 14.6. The number of nitrogens with one attached hydrogen (secondary N) is 2. The van der Waals surface area contributed by atoms with E-state index in [1.165, 1.54) is 6.07 Å². The summed E-state index contributed by atoms with van der Waals surface area (Å²) in [5.41, 5.74) is 1.91. The van der Waals surface area contributed by atoms with Crippen molar-refractivity contribution in [1.29, 1.82) is 0 Å². The molecule has 242 valence electrons. The summed E-state index contributed by atoms with van der Waals surface area (Å²) in [6.07, 6.45) is 5.30. The van der Waals surface area contributed by atoms with E-state index in [4.69, 9.17) is 9.84 Å². The maximum absolute atomic E-state index is 12.6. The third-order valence-electron chi connectivity index (χ3n) is 7.85. The highest BCUT2D eigenvalue weighted by molar-refractivity contribution is 7.85. The lowest BCUT2D eigenvalue weighted by Crippen LogP contribution is -2.39. The van der Waals surface area contributed by atoms with Crippen molar-refractivity contribution in [2.75, 3.05) is 19.6 Å². The van der Waals surface area contributed by atoms with E-state index < -0.39 is 27.8 Å². The zero-order valence-corrected chi connectivity index (χ0v) is 27.3. The molecule has 1 aromatic rings. The molecule has 1 aliphatic rings. The molecule has 0 spiro atoms. The lowest BCUT2D eigenvalue weighted by atomic mass is 9.82. The van der Waals surface area contributed by atoms with Crippen LogP contribution in [0.3, 0.4) is 0 Å². The Morgan fingerprint density at radius 2 is 1.60 bits per heavy atom. The molecule has 1 heterocycles. The highest BCUT2D eigenvalue weighted by Gasteiger charge is 2.43. The fourth-order valence-electron chi connectivity index (χ4n) is 5.20. The summed E-state index contributed by atoms with van der Waals surface area (Å²) in [6.45, 7) is 13.0.